The summed E-state index contributed by atoms with van der Waals surface area (Å²) in [5.74, 6) is -0.148. The Hall–Kier alpha value is -1.30. The number of carbonyl (C=O) groups excluding carboxylic acids is 1. The summed E-state index contributed by atoms with van der Waals surface area (Å²) in [6.07, 6.45) is 0. The van der Waals surface area contributed by atoms with Gasteiger partial charge >= 0.3 is 0 Å². The van der Waals surface area contributed by atoms with Gasteiger partial charge in [0.25, 0.3) is 5.91 Å². The van der Waals surface area contributed by atoms with E-state index in [1.165, 1.54) is 0 Å². The molecule has 0 bridgehead atoms. The first-order chi connectivity index (χ1) is 8.88. The molecule has 4 nitrogen and oxygen atoms in total. The molecule has 0 spiro atoms. The van der Waals surface area contributed by atoms with Crippen LogP contribution < -0.4 is 11.1 Å². The number of nitrogens with zero attached hydrogens (tertiary/aromatic N) is 1. The number of nitrogens with two attached hydrogens (primary N) is 1. The van der Waals surface area contributed by atoms with Gasteiger partial charge in [-0.15, -0.1) is 36.2 Å². The third-order valence-corrected chi connectivity index (χ3v) is 4.01. The number of rotatable bonds is 3. The monoisotopic (exact) mass is 347 g/mol. The summed E-state index contributed by atoms with van der Waals surface area (Å²) < 4.78 is 0. The molecule has 0 aliphatic heterocycles. The predicted octanol–water partition coefficient (Wildman–Crippen LogP) is 3.54. The fraction of sp³-hybridized carbons (Fsp3) is 0.286. The maximum Gasteiger partial charge on any atom is 0.252 e. The van der Waals surface area contributed by atoms with Crippen LogP contribution in [0, 0.1) is 6.92 Å². The molecule has 0 radical (unpaired) electrons. The Morgan fingerprint density at radius 3 is 2.52 bits per heavy atom. The Labute approximate surface area is 141 Å². The summed E-state index contributed by atoms with van der Waals surface area (Å²) in [7, 11) is 0. The number of halogens is 2. The third-order valence-electron chi connectivity index (χ3n) is 2.73. The van der Waals surface area contributed by atoms with E-state index in [4.69, 9.17) is 5.73 Å². The van der Waals surface area contributed by atoms with Crippen molar-refractivity contribution in [3.8, 4) is 0 Å². The number of aromatic nitrogens is 1. The Morgan fingerprint density at radius 2 is 2.00 bits per heavy atom. The lowest BCUT2D eigenvalue weighted by Gasteiger charge is -2.24. The second kappa shape index (κ2) is 7.64. The molecule has 0 unspecified atom stereocenters. The van der Waals surface area contributed by atoms with E-state index in [2.05, 4.69) is 10.3 Å². The molecule has 21 heavy (non-hydrogen) atoms. The number of thiazole rings is 1. The summed E-state index contributed by atoms with van der Waals surface area (Å²) in [4.78, 5) is 16.6. The Morgan fingerprint density at radius 1 is 1.33 bits per heavy atom. The number of nitrogens with one attached hydrogen (secondary N) is 1. The van der Waals surface area contributed by atoms with Gasteiger partial charge in [-0.1, -0.05) is 6.07 Å². The van der Waals surface area contributed by atoms with E-state index >= 15 is 0 Å². The SMILES string of the molecule is Cc1csc(C(C)(C)NC(=O)c2cccc(N)c2)n1.Cl.Cl. The molecule has 1 heterocycles. The van der Waals surface area contributed by atoms with Crippen molar-refractivity contribution in [1.82, 2.24) is 10.3 Å². The third kappa shape index (κ3) is 4.88. The number of anilines is 1. The molecular weight excluding hydrogens is 329 g/mol. The van der Waals surface area contributed by atoms with Crippen molar-refractivity contribution in [2.75, 3.05) is 5.73 Å². The first-order valence-corrected chi connectivity index (χ1v) is 6.87. The van der Waals surface area contributed by atoms with Gasteiger partial charge in [0.15, 0.2) is 0 Å². The molecule has 1 amide bonds. The quantitative estimate of drug-likeness (QED) is 0.834. The predicted molar refractivity (Wildman–Crippen MR) is 92.7 cm³/mol. The van der Waals surface area contributed by atoms with E-state index in [0.717, 1.165) is 10.7 Å². The number of nitrogen functional groups attached to an aromatic ring is 1. The Kier molecular flexibility index (Phi) is 7.16. The molecule has 0 aliphatic carbocycles. The first-order valence-electron chi connectivity index (χ1n) is 5.99. The first kappa shape index (κ1) is 19.7. The molecule has 2 aromatic rings. The zero-order valence-electron chi connectivity index (χ0n) is 12.0. The van der Waals surface area contributed by atoms with Crippen LogP contribution in [0.1, 0.15) is 34.9 Å². The fourth-order valence-corrected chi connectivity index (χ4v) is 2.61. The van der Waals surface area contributed by atoms with Gasteiger partial charge in [0.1, 0.15) is 5.01 Å². The molecule has 1 aromatic heterocycles. The van der Waals surface area contributed by atoms with Crippen LogP contribution >= 0.6 is 36.2 Å². The van der Waals surface area contributed by atoms with Gasteiger partial charge in [0, 0.05) is 22.3 Å². The molecule has 7 heteroatoms. The van der Waals surface area contributed by atoms with E-state index in [9.17, 15) is 4.79 Å². The average Bonchev–Trinajstić information content (AvgIpc) is 2.76. The van der Waals surface area contributed by atoms with Crippen molar-refractivity contribution >= 4 is 47.7 Å². The normalized spacial score (nSPS) is 10.2. The highest BCUT2D eigenvalue weighted by Gasteiger charge is 2.26. The van der Waals surface area contributed by atoms with E-state index in [1.807, 2.05) is 26.2 Å². The smallest absolute Gasteiger partial charge is 0.252 e. The molecule has 3 N–H and O–H groups in total. The van der Waals surface area contributed by atoms with Gasteiger partial charge in [-0.05, 0) is 39.0 Å². The van der Waals surface area contributed by atoms with E-state index < -0.39 is 5.54 Å². The minimum Gasteiger partial charge on any atom is -0.399 e. The minimum absolute atomic E-state index is 0. The molecular formula is C14H19Cl2N3OS. The van der Waals surface area contributed by atoms with Crippen LogP contribution in [-0.4, -0.2) is 10.9 Å². The molecule has 1 aromatic carbocycles. The zero-order chi connectivity index (χ0) is 14.0. The van der Waals surface area contributed by atoms with Crippen LogP contribution in [0.4, 0.5) is 5.69 Å². The summed E-state index contributed by atoms with van der Waals surface area (Å²) in [5, 5.41) is 5.85. The van der Waals surface area contributed by atoms with Crippen LogP contribution in [0.25, 0.3) is 0 Å². The number of carbonyl (C=O) groups is 1. The Balaban J connectivity index is 0.00000200. The number of benzene rings is 1. The second-order valence-electron chi connectivity index (χ2n) is 5.00. The lowest BCUT2D eigenvalue weighted by atomic mass is 10.1. The maximum absolute atomic E-state index is 12.2. The van der Waals surface area contributed by atoms with Crippen molar-refractivity contribution < 1.29 is 4.79 Å². The highest BCUT2D eigenvalue weighted by Crippen LogP contribution is 2.24. The highest BCUT2D eigenvalue weighted by atomic mass is 35.5. The summed E-state index contributed by atoms with van der Waals surface area (Å²) in [5.41, 5.74) is 7.29. The lowest BCUT2D eigenvalue weighted by Crippen LogP contribution is -2.41. The maximum atomic E-state index is 12.2. The standard InChI is InChI=1S/C14H17N3OS.2ClH/c1-9-8-19-13(16-9)14(2,3)17-12(18)10-5-4-6-11(15)7-10;;/h4-8H,15H2,1-3H3,(H,17,18);2*1H. The summed E-state index contributed by atoms with van der Waals surface area (Å²) in [6, 6.07) is 6.93. The minimum atomic E-state index is -0.499. The fourth-order valence-electron chi connectivity index (χ4n) is 1.73. The van der Waals surface area contributed by atoms with Crippen LogP contribution in [0.15, 0.2) is 29.6 Å². The number of amides is 1. The van der Waals surface area contributed by atoms with Crippen LogP contribution in [0.3, 0.4) is 0 Å². The highest BCUT2D eigenvalue weighted by molar-refractivity contribution is 7.09. The van der Waals surface area contributed by atoms with E-state index in [-0.39, 0.29) is 30.7 Å². The summed E-state index contributed by atoms with van der Waals surface area (Å²) in [6.45, 7) is 5.82. The van der Waals surface area contributed by atoms with Crippen molar-refractivity contribution in [3.05, 3.63) is 45.9 Å². The number of hydrogen-bond donors (Lipinski definition) is 2. The van der Waals surface area contributed by atoms with Crippen LogP contribution in [-0.2, 0) is 5.54 Å². The van der Waals surface area contributed by atoms with Gasteiger partial charge < -0.3 is 11.1 Å². The van der Waals surface area contributed by atoms with Crippen molar-refractivity contribution in [2.24, 2.45) is 0 Å². The van der Waals surface area contributed by atoms with Gasteiger partial charge in [-0.3, -0.25) is 4.79 Å². The van der Waals surface area contributed by atoms with Gasteiger partial charge in [0.05, 0.1) is 5.54 Å². The average molecular weight is 348 g/mol. The second-order valence-corrected chi connectivity index (χ2v) is 5.86. The molecule has 2 rings (SSSR count). The topological polar surface area (TPSA) is 68.0 Å². The van der Waals surface area contributed by atoms with Crippen molar-refractivity contribution in [2.45, 2.75) is 26.3 Å². The van der Waals surface area contributed by atoms with E-state index in [1.54, 1.807) is 35.6 Å². The molecule has 0 saturated heterocycles. The van der Waals surface area contributed by atoms with Gasteiger partial charge in [0.2, 0.25) is 0 Å². The van der Waals surface area contributed by atoms with Crippen LogP contribution in [0.5, 0.6) is 0 Å². The number of hydrogen-bond acceptors (Lipinski definition) is 4. The zero-order valence-corrected chi connectivity index (χ0v) is 14.5. The largest absolute Gasteiger partial charge is 0.399 e. The molecule has 0 atom stereocenters. The van der Waals surface area contributed by atoms with Gasteiger partial charge in [-0.2, -0.15) is 0 Å². The molecule has 0 aliphatic rings. The van der Waals surface area contributed by atoms with Crippen molar-refractivity contribution in [3.63, 3.8) is 0 Å². The van der Waals surface area contributed by atoms with Crippen molar-refractivity contribution in [1.29, 1.82) is 0 Å². The molecule has 116 valence electrons. The molecule has 0 fully saturated rings. The van der Waals surface area contributed by atoms with E-state index in [0.29, 0.717) is 11.3 Å². The Bertz CT molecular complexity index is 614. The van der Waals surface area contributed by atoms with Gasteiger partial charge in [-0.25, -0.2) is 4.98 Å². The lowest BCUT2D eigenvalue weighted by molar-refractivity contribution is 0.0912. The molecule has 0 saturated carbocycles. The summed E-state index contributed by atoms with van der Waals surface area (Å²) >= 11 is 1.55. The number of aryl methyl sites for hydroxylation is 1. The van der Waals surface area contributed by atoms with Crippen LogP contribution in [0.2, 0.25) is 0 Å².